The topological polar surface area (TPSA) is 32.7 Å². The number of aryl methyl sites for hydroxylation is 1. The smallest absolute Gasteiger partial charge is 0.142 e. The van der Waals surface area contributed by atoms with E-state index in [-0.39, 0.29) is 0 Å². The standard InChI is InChI=1S/C18H21NO2/c1-14-6-4-7-15(12-14)17(20)13-19-10-5-11-21-18-9-3-2-8-16(18)19/h2-4,6-9,12,17,20H,5,10-11,13H2,1H3. The summed E-state index contributed by atoms with van der Waals surface area (Å²) < 4.78 is 5.76. The van der Waals surface area contributed by atoms with E-state index < -0.39 is 6.10 Å². The molecule has 0 saturated carbocycles. The van der Waals surface area contributed by atoms with Crippen LogP contribution in [-0.4, -0.2) is 24.8 Å². The van der Waals surface area contributed by atoms with Crippen LogP contribution in [0.15, 0.2) is 48.5 Å². The van der Waals surface area contributed by atoms with Gasteiger partial charge in [-0.05, 0) is 31.0 Å². The monoisotopic (exact) mass is 283 g/mol. The number of β-amino-alcohol motifs (C(OH)–C–C–N with tert-alkyl or cyclic N) is 1. The Morgan fingerprint density at radius 3 is 2.90 bits per heavy atom. The minimum atomic E-state index is -0.490. The van der Waals surface area contributed by atoms with E-state index in [1.165, 1.54) is 5.56 Å². The molecule has 0 saturated heterocycles. The Morgan fingerprint density at radius 2 is 2.05 bits per heavy atom. The van der Waals surface area contributed by atoms with Crippen molar-refractivity contribution >= 4 is 5.69 Å². The van der Waals surface area contributed by atoms with Gasteiger partial charge in [-0.3, -0.25) is 0 Å². The molecule has 3 rings (SSSR count). The van der Waals surface area contributed by atoms with Gasteiger partial charge in [0.05, 0.1) is 18.4 Å². The van der Waals surface area contributed by atoms with Gasteiger partial charge in [0.2, 0.25) is 0 Å². The van der Waals surface area contributed by atoms with Gasteiger partial charge in [-0.25, -0.2) is 0 Å². The molecule has 0 bridgehead atoms. The van der Waals surface area contributed by atoms with Crippen LogP contribution in [0.1, 0.15) is 23.7 Å². The molecule has 1 unspecified atom stereocenters. The number of nitrogens with zero attached hydrogens (tertiary/aromatic N) is 1. The van der Waals surface area contributed by atoms with Crippen molar-refractivity contribution in [3.8, 4) is 5.75 Å². The molecule has 1 aliphatic heterocycles. The van der Waals surface area contributed by atoms with E-state index in [0.29, 0.717) is 6.54 Å². The van der Waals surface area contributed by atoms with Gasteiger partial charge in [-0.15, -0.1) is 0 Å². The first-order valence-corrected chi connectivity index (χ1v) is 7.45. The van der Waals surface area contributed by atoms with Crippen LogP contribution in [0.2, 0.25) is 0 Å². The van der Waals surface area contributed by atoms with Gasteiger partial charge in [0.25, 0.3) is 0 Å². The maximum absolute atomic E-state index is 10.5. The van der Waals surface area contributed by atoms with Crippen LogP contribution in [0.4, 0.5) is 5.69 Å². The number of benzene rings is 2. The average Bonchev–Trinajstić information content (AvgIpc) is 2.70. The summed E-state index contributed by atoms with van der Waals surface area (Å²) in [6.45, 7) is 4.27. The molecule has 3 nitrogen and oxygen atoms in total. The summed E-state index contributed by atoms with van der Waals surface area (Å²) in [5, 5.41) is 10.5. The molecule has 0 fully saturated rings. The van der Waals surface area contributed by atoms with Crippen molar-refractivity contribution in [2.45, 2.75) is 19.4 Å². The SMILES string of the molecule is Cc1cccc(C(O)CN2CCCOc3ccccc32)c1. The number of ether oxygens (including phenoxy) is 1. The minimum absolute atomic E-state index is 0.490. The number of para-hydroxylation sites is 2. The second-order valence-electron chi connectivity index (χ2n) is 5.55. The Bertz CT molecular complexity index is 612. The summed E-state index contributed by atoms with van der Waals surface area (Å²) in [6.07, 6.45) is 0.478. The van der Waals surface area contributed by atoms with Crippen molar-refractivity contribution in [3.05, 3.63) is 59.7 Å². The third kappa shape index (κ3) is 3.19. The molecule has 3 heteroatoms. The molecule has 0 spiro atoms. The molecule has 0 amide bonds. The number of hydrogen-bond acceptors (Lipinski definition) is 3. The van der Waals surface area contributed by atoms with Crippen molar-refractivity contribution in [1.82, 2.24) is 0 Å². The number of aliphatic hydroxyl groups excluding tert-OH is 1. The van der Waals surface area contributed by atoms with Crippen LogP contribution >= 0.6 is 0 Å². The molecule has 2 aromatic rings. The molecule has 1 N–H and O–H groups in total. The van der Waals surface area contributed by atoms with Gasteiger partial charge in [-0.1, -0.05) is 42.0 Å². The maximum atomic E-state index is 10.5. The van der Waals surface area contributed by atoms with Crippen LogP contribution < -0.4 is 9.64 Å². The lowest BCUT2D eigenvalue weighted by molar-refractivity contribution is 0.183. The van der Waals surface area contributed by atoms with Crippen LogP contribution in [-0.2, 0) is 0 Å². The number of aliphatic hydroxyl groups is 1. The molecular formula is C18H21NO2. The van der Waals surface area contributed by atoms with E-state index in [9.17, 15) is 5.11 Å². The zero-order valence-corrected chi connectivity index (χ0v) is 12.3. The average molecular weight is 283 g/mol. The zero-order chi connectivity index (χ0) is 14.7. The highest BCUT2D eigenvalue weighted by Crippen LogP contribution is 2.31. The molecule has 21 heavy (non-hydrogen) atoms. The van der Waals surface area contributed by atoms with Crippen molar-refractivity contribution in [1.29, 1.82) is 0 Å². The zero-order valence-electron chi connectivity index (χ0n) is 12.3. The highest BCUT2D eigenvalue weighted by Gasteiger charge is 2.19. The number of fused-ring (bicyclic) bond motifs is 1. The van der Waals surface area contributed by atoms with Crippen LogP contribution in [0.3, 0.4) is 0 Å². The second-order valence-corrected chi connectivity index (χ2v) is 5.55. The van der Waals surface area contributed by atoms with Gasteiger partial charge >= 0.3 is 0 Å². The summed E-state index contributed by atoms with van der Waals surface area (Å²) in [6, 6.07) is 16.1. The fraction of sp³-hybridized carbons (Fsp3) is 0.333. The normalized spacial score (nSPS) is 15.8. The molecule has 2 aromatic carbocycles. The van der Waals surface area contributed by atoms with Crippen molar-refractivity contribution < 1.29 is 9.84 Å². The molecule has 0 radical (unpaired) electrons. The lowest BCUT2D eigenvalue weighted by Crippen LogP contribution is -2.29. The van der Waals surface area contributed by atoms with E-state index in [0.717, 1.165) is 36.6 Å². The Morgan fingerprint density at radius 1 is 1.19 bits per heavy atom. The molecule has 1 atom stereocenters. The number of anilines is 1. The van der Waals surface area contributed by atoms with Crippen molar-refractivity contribution in [2.75, 3.05) is 24.6 Å². The summed E-state index contributed by atoms with van der Waals surface area (Å²) in [7, 11) is 0. The fourth-order valence-electron chi connectivity index (χ4n) is 2.78. The van der Waals surface area contributed by atoms with Gasteiger partial charge in [0.1, 0.15) is 5.75 Å². The van der Waals surface area contributed by atoms with Gasteiger partial charge in [-0.2, -0.15) is 0 Å². The largest absolute Gasteiger partial charge is 0.491 e. The predicted octanol–water partition coefficient (Wildman–Crippen LogP) is 3.32. The van der Waals surface area contributed by atoms with Crippen LogP contribution in [0.5, 0.6) is 5.75 Å². The summed E-state index contributed by atoms with van der Waals surface area (Å²) in [5.74, 6) is 0.909. The number of rotatable bonds is 3. The third-order valence-corrected chi connectivity index (χ3v) is 3.86. The minimum Gasteiger partial charge on any atom is -0.491 e. The first-order valence-electron chi connectivity index (χ1n) is 7.45. The third-order valence-electron chi connectivity index (χ3n) is 3.86. The second kappa shape index (κ2) is 6.19. The molecule has 0 aromatic heterocycles. The highest BCUT2D eigenvalue weighted by molar-refractivity contribution is 5.59. The molecule has 1 heterocycles. The lowest BCUT2D eigenvalue weighted by atomic mass is 10.1. The van der Waals surface area contributed by atoms with Crippen molar-refractivity contribution in [3.63, 3.8) is 0 Å². The first kappa shape index (κ1) is 14.0. The highest BCUT2D eigenvalue weighted by atomic mass is 16.5. The molecular weight excluding hydrogens is 262 g/mol. The van der Waals surface area contributed by atoms with E-state index in [1.807, 2.05) is 49.4 Å². The van der Waals surface area contributed by atoms with Gasteiger partial charge in [0, 0.05) is 13.1 Å². The molecule has 0 aliphatic carbocycles. The quantitative estimate of drug-likeness (QED) is 0.938. The lowest BCUT2D eigenvalue weighted by Gasteiger charge is -2.26. The Labute approximate surface area is 125 Å². The van der Waals surface area contributed by atoms with Gasteiger partial charge < -0.3 is 14.7 Å². The van der Waals surface area contributed by atoms with E-state index in [4.69, 9.17) is 4.74 Å². The van der Waals surface area contributed by atoms with E-state index in [1.54, 1.807) is 0 Å². The van der Waals surface area contributed by atoms with Crippen molar-refractivity contribution in [2.24, 2.45) is 0 Å². The van der Waals surface area contributed by atoms with E-state index in [2.05, 4.69) is 11.0 Å². The molecule has 1 aliphatic rings. The maximum Gasteiger partial charge on any atom is 0.142 e. The van der Waals surface area contributed by atoms with Gasteiger partial charge in [0.15, 0.2) is 0 Å². The van der Waals surface area contributed by atoms with E-state index >= 15 is 0 Å². The Kier molecular flexibility index (Phi) is 4.11. The summed E-state index contributed by atoms with van der Waals surface area (Å²) in [5.41, 5.74) is 3.21. The number of hydrogen-bond donors (Lipinski definition) is 1. The summed E-state index contributed by atoms with van der Waals surface area (Å²) >= 11 is 0. The Hall–Kier alpha value is -2.00. The first-order chi connectivity index (χ1) is 10.2. The van der Waals surface area contributed by atoms with Crippen LogP contribution in [0, 0.1) is 6.92 Å². The fourth-order valence-corrected chi connectivity index (χ4v) is 2.78. The Balaban J connectivity index is 1.81. The predicted molar refractivity (Wildman–Crippen MR) is 84.9 cm³/mol. The summed E-state index contributed by atoms with van der Waals surface area (Å²) in [4.78, 5) is 2.22. The molecule has 110 valence electrons. The van der Waals surface area contributed by atoms with Crippen LogP contribution in [0.25, 0.3) is 0 Å².